The number of hydrogen-bond donors (Lipinski definition) is 1. The number of aromatic nitrogens is 1. The zero-order valence-corrected chi connectivity index (χ0v) is 16.3. The summed E-state index contributed by atoms with van der Waals surface area (Å²) in [6.07, 6.45) is 3.83. The van der Waals surface area contributed by atoms with Crippen LogP contribution in [0.2, 0.25) is 0 Å². The third-order valence-corrected chi connectivity index (χ3v) is 5.68. The highest BCUT2D eigenvalue weighted by Crippen LogP contribution is 2.44. The van der Waals surface area contributed by atoms with Crippen molar-refractivity contribution in [2.75, 3.05) is 0 Å². The van der Waals surface area contributed by atoms with Gasteiger partial charge in [-0.25, -0.2) is 14.2 Å². The van der Waals surface area contributed by atoms with Crippen molar-refractivity contribution in [2.24, 2.45) is 0 Å². The van der Waals surface area contributed by atoms with Gasteiger partial charge in [0.15, 0.2) is 0 Å². The van der Waals surface area contributed by atoms with Crippen molar-refractivity contribution in [3.63, 3.8) is 0 Å². The Morgan fingerprint density at radius 3 is 2.50 bits per heavy atom. The van der Waals surface area contributed by atoms with Gasteiger partial charge in [-0.2, -0.15) is 0 Å². The predicted octanol–water partition coefficient (Wildman–Crippen LogP) is 6.54. The van der Waals surface area contributed by atoms with Crippen LogP contribution < -0.4 is 0 Å². The van der Waals surface area contributed by atoms with Crippen molar-refractivity contribution in [1.82, 2.24) is 4.98 Å². The van der Waals surface area contributed by atoms with E-state index >= 15 is 0 Å². The molecule has 1 atom stereocenters. The van der Waals surface area contributed by atoms with E-state index in [9.17, 15) is 14.3 Å². The SMILES string of the molecule is CC1C=Cc2c(nc3ccccc3c2C(=O)O)-c2c(-c3ccccc3F)cccc21. The fraction of sp³-hybridized carbons (Fsp3) is 0.0769. The zero-order chi connectivity index (χ0) is 20.8. The number of halogens is 1. The minimum Gasteiger partial charge on any atom is -0.478 e. The van der Waals surface area contributed by atoms with Gasteiger partial charge >= 0.3 is 5.97 Å². The predicted molar refractivity (Wildman–Crippen MR) is 117 cm³/mol. The van der Waals surface area contributed by atoms with E-state index in [2.05, 4.69) is 0 Å². The van der Waals surface area contributed by atoms with Gasteiger partial charge in [0.2, 0.25) is 0 Å². The molecule has 5 rings (SSSR count). The Balaban J connectivity index is 1.96. The molecule has 1 N–H and O–H groups in total. The van der Waals surface area contributed by atoms with Gasteiger partial charge in [-0.15, -0.1) is 0 Å². The molecule has 0 fully saturated rings. The van der Waals surface area contributed by atoms with Crippen molar-refractivity contribution in [3.8, 4) is 22.4 Å². The molecule has 1 aliphatic carbocycles. The van der Waals surface area contributed by atoms with Crippen LogP contribution in [0.4, 0.5) is 4.39 Å². The summed E-state index contributed by atoms with van der Waals surface area (Å²) in [5.41, 5.74) is 4.90. The molecule has 3 aromatic carbocycles. The summed E-state index contributed by atoms with van der Waals surface area (Å²) >= 11 is 0. The average molecular weight is 395 g/mol. The number of aromatic carboxylic acids is 1. The van der Waals surface area contributed by atoms with Crippen LogP contribution in [0.3, 0.4) is 0 Å². The summed E-state index contributed by atoms with van der Waals surface area (Å²) in [6, 6.07) is 19.7. The molecule has 1 heterocycles. The van der Waals surface area contributed by atoms with Crippen LogP contribution in [-0.2, 0) is 0 Å². The quantitative estimate of drug-likeness (QED) is 0.419. The molecule has 4 heteroatoms. The van der Waals surface area contributed by atoms with Crippen molar-refractivity contribution < 1.29 is 14.3 Å². The maximum absolute atomic E-state index is 14.8. The Kier molecular flexibility index (Phi) is 4.21. The topological polar surface area (TPSA) is 50.2 Å². The van der Waals surface area contributed by atoms with Crippen LogP contribution in [0.25, 0.3) is 39.4 Å². The van der Waals surface area contributed by atoms with Gasteiger partial charge in [0, 0.05) is 22.1 Å². The molecule has 1 aromatic heterocycles. The van der Waals surface area contributed by atoms with Crippen LogP contribution in [0.5, 0.6) is 0 Å². The molecule has 30 heavy (non-hydrogen) atoms. The van der Waals surface area contributed by atoms with Crippen molar-refractivity contribution in [3.05, 3.63) is 95.3 Å². The highest BCUT2D eigenvalue weighted by Gasteiger charge is 2.26. The molecule has 146 valence electrons. The summed E-state index contributed by atoms with van der Waals surface area (Å²) in [7, 11) is 0. The second kappa shape index (κ2) is 6.92. The summed E-state index contributed by atoms with van der Waals surface area (Å²) in [6.45, 7) is 2.05. The number of fused-ring (bicyclic) bond motifs is 4. The van der Waals surface area contributed by atoms with Gasteiger partial charge in [-0.05, 0) is 29.2 Å². The van der Waals surface area contributed by atoms with E-state index in [1.54, 1.807) is 24.3 Å². The molecule has 1 aliphatic rings. The number of hydrogen-bond acceptors (Lipinski definition) is 2. The molecule has 0 radical (unpaired) electrons. The third kappa shape index (κ3) is 2.72. The average Bonchev–Trinajstić information content (AvgIpc) is 2.89. The first-order valence-corrected chi connectivity index (χ1v) is 9.78. The Morgan fingerprint density at radius 2 is 1.70 bits per heavy atom. The molecule has 0 amide bonds. The number of benzene rings is 3. The second-order valence-electron chi connectivity index (χ2n) is 7.47. The van der Waals surface area contributed by atoms with E-state index in [1.807, 2.05) is 55.5 Å². The van der Waals surface area contributed by atoms with E-state index < -0.39 is 5.97 Å². The van der Waals surface area contributed by atoms with Gasteiger partial charge in [0.1, 0.15) is 5.82 Å². The lowest BCUT2D eigenvalue weighted by molar-refractivity contribution is 0.0699. The first-order chi connectivity index (χ1) is 14.6. The number of allylic oxidation sites excluding steroid dienone is 1. The first kappa shape index (κ1) is 18.3. The highest BCUT2D eigenvalue weighted by molar-refractivity contribution is 6.09. The lowest BCUT2D eigenvalue weighted by atomic mass is 9.87. The maximum Gasteiger partial charge on any atom is 0.337 e. The second-order valence-corrected chi connectivity index (χ2v) is 7.47. The molecule has 3 nitrogen and oxygen atoms in total. The largest absolute Gasteiger partial charge is 0.478 e. The maximum atomic E-state index is 14.8. The number of para-hydroxylation sites is 1. The molecule has 4 aromatic rings. The smallest absolute Gasteiger partial charge is 0.337 e. The van der Waals surface area contributed by atoms with Gasteiger partial charge in [0.25, 0.3) is 0 Å². The minimum atomic E-state index is -1.01. The first-order valence-electron chi connectivity index (χ1n) is 9.78. The molecule has 0 saturated heterocycles. The Bertz CT molecular complexity index is 1360. The number of carboxylic acid groups (broad SMARTS) is 1. The van der Waals surface area contributed by atoms with E-state index in [4.69, 9.17) is 4.98 Å². The summed E-state index contributed by atoms with van der Waals surface area (Å²) in [4.78, 5) is 17.2. The molecule has 0 saturated carbocycles. The van der Waals surface area contributed by atoms with Crippen molar-refractivity contribution >= 4 is 22.9 Å². The van der Waals surface area contributed by atoms with Crippen LogP contribution in [0, 0.1) is 5.82 Å². The molecule has 1 unspecified atom stereocenters. The normalized spacial score (nSPS) is 14.8. The number of pyridine rings is 1. The fourth-order valence-corrected chi connectivity index (χ4v) is 4.27. The Morgan fingerprint density at radius 1 is 0.967 bits per heavy atom. The van der Waals surface area contributed by atoms with Crippen LogP contribution in [-0.4, -0.2) is 16.1 Å². The van der Waals surface area contributed by atoms with Crippen molar-refractivity contribution in [1.29, 1.82) is 0 Å². The van der Waals surface area contributed by atoms with Gasteiger partial charge < -0.3 is 5.11 Å². The van der Waals surface area contributed by atoms with Crippen LogP contribution in [0.15, 0.2) is 72.8 Å². The van der Waals surface area contributed by atoms with Crippen LogP contribution in [0.1, 0.15) is 34.3 Å². The van der Waals surface area contributed by atoms with Crippen molar-refractivity contribution in [2.45, 2.75) is 12.8 Å². The molecule has 0 bridgehead atoms. The Hall–Kier alpha value is -3.79. The summed E-state index contributed by atoms with van der Waals surface area (Å²) < 4.78 is 14.8. The standard InChI is InChI=1S/C26H18FNO2/c1-15-13-14-20-24(26(29)30)19-8-3-5-12-22(19)28-25(20)23-16(15)9-6-10-18(23)17-7-2-4-11-21(17)27/h2-15H,1H3,(H,29,30). The van der Waals surface area contributed by atoms with E-state index in [1.165, 1.54) is 6.07 Å². The lowest BCUT2D eigenvalue weighted by Gasteiger charge is -2.19. The van der Waals surface area contributed by atoms with Gasteiger partial charge in [0.05, 0.1) is 16.8 Å². The Labute approximate surface area is 173 Å². The van der Waals surface area contributed by atoms with Gasteiger partial charge in [-0.3, -0.25) is 0 Å². The molecular formula is C26H18FNO2. The minimum absolute atomic E-state index is 0.0191. The van der Waals surface area contributed by atoms with Gasteiger partial charge in [-0.1, -0.05) is 73.7 Å². The van der Waals surface area contributed by atoms with Crippen LogP contribution >= 0.6 is 0 Å². The van der Waals surface area contributed by atoms with E-state index in [0.29, 0.717) is 33.3 Å². The molecular weight excluding hydrogens is 377 g/mol. The monoisotopic (exact) mass is 395 g/mol. The number of rotatable bonds is 2. The molecule has 0 spiro atoms. The summed E-state index contributed by atoms with van der Waals surface area (Å²) in [5.74, 6) is -1.31. The van der Waals surface area contributed by atoms with E-state index in [0.717, 1.165) is 11.1 Å². The van der Waals surface area contributed by atoms with E-state index in [-0.39, 0.29) is 17.3 Å². The highest BCUT2D eigenvalue weighted by atomic mass is 19.1. The lowest BCUT2D eigenvalue weighted by Crippen LogP contribution is -2.06. The fourth-order valence-electron chi connectivity index (χ4n) is 4.27. The third-order valence-electron chi connectivity index (χ3n) is 5.68. The number of carbonyl (C=O) groups is 1. The number of carboxylic acids is 1. The molecule has 0 aliphatic heterocycles. The zero-order valence-electron chi connectivity index (χ0n) is 16.3. The summed E-state index contributed by atoms with van der Waals surface area (Å²) in [5, 5.41) is 10.6. The number of nitrogens with zero attached hydrogens (tertiary/aromatic N) is 1.